The molecule has 148 valence electrons. The van der Waals surface area contributed by atoms with Crippen molar-refractivity contribution in [3.8, 4) is 17.2 Å². The Morgan fingerprint density at radius 1 is 1.00 bits per heavy atom. The molecule has 1 atom stereocenters. The van der Waals surface area contributed by atoms with Gasteiger partial charge in [0.1, 0.15) is 17.2 Å². The van der Waals surface area contributed by atoms with Crippen LogP contribution in [0.3, 0.4) is 0 Å². The molecule has 0 fully saturated rings. The van der Waals surface area contributed by atoms with Crippen LogP contribution in [0.5, 0.6) is 17.2 Å². The summed E-state index contributed by atoms with van der Waals surface area (Å²) in [6.07, 6.45) is 1.89. The number of carbonyl (C=O) groups excluding carboxylic acids is 2. The largest absolute Gasteiger partial charge is 0.497 e. The van der Waals surface area contributed by atoms with Crippen molar-refractivity contribution in [2.24, 2.45) is 0 Å². The van der Waals surface area contributed by atoms with Crippen molar-refractivity contribution in [1.29, 1.82) is 0 Å². The van der Waals surface area contributed by atoms with Crippen LogP contribution in [-0.4, -0.2) is 38.7 Å². The highest BCUT2D eigenvalue weighted by molar-refractivity contribution is 6.01. The van der Waals surface area contributed by atoms with Crippen molar-refractivity contribution >= 4 is 17.8 Å². The van der Waals surface area contributed by atoms with Gasteiger partial charge in [-0.15, -0.1) is 0 Å². The second-order valence-corrected chi connectivity index (χ2v) is 5.84. The molecule has 0 aliphatic carbocycles. The van der Waals surface area contributed by atoms with Gasteiger partial charge in [0.15, 0.2) is 6.10 Å². The average Bonchev–Trinajstić information content (AvgIpc) is 2.72. The smallest absolute Gasteiger partial charge is 0.331 e. The van der Waals surface area contributed by atoms with Crippen molar-refractivity contribution < 1.29 is 28.5 Å². The average molecular weight is 384 g/mol. The van der Waals surface area contributed by atoms with Crippen molar-refractivity contribution in [3.63, 3.8) is 0 Å². The molecule has 0 spiro atoms. The third-order valence-electron chi connectivity index (χ3n) is 3.95. The lowest BCUT2D eigenvalue weighted by Gasteiger charge is -2.11. The first kappa shape index (κ1) is 21.0. The predicted molar refractivity (Wildman–Crippen MR) is 106 cm³/mol. The molecule has 6 heteroatoms. The highest BCUT2D eigenvalue weighted by Gasteiger charge is 2.18. The number of hydrogen-bond acceptors (Lipinski definition) is 6. The summed E-state index contributed by atoms with van der Waals surface area (Å²) < 4.78 is 21.0. The van der Waals surface area contributed by atoms with Gasteiger partial charge in [-0.25, -0.2) is 4.79 Å². The van der Waals surface area contributed by atoms with Crippen LogP contribution in [0.1, 0.15) is 29.8 Å². The summed E-state index contributed by atoms with van der Waals surface area (Å²) in [5.41, 5.74) is 1.10. The number of ketones is 1. The summed E-state index contributed by atoms with van der Waals surface area (Å²) in [5.74, 6) is 0.982. The topological polar surface area (TPSA) is 71.1 Å². The van der Waals surface area contributed by atoms with Gasteiger partial charge in [-0.3, -0.25) is 4.79 Å². The number of esters is 1. The van der Waals surface area contributed by atoms with Gasteiger partial charge >= 0.3 is 5.97 Å². The SMILES string of the molecule is CCOc1ccc(C(=O)[C@@H](C)OC(=O)/C=C/c2cc(OC)ccc2OC)cc1. The number of Topliss-reactive ketones (excluding diaryl/α,β-unsaturated/α-hetero) is 1. The Labute approximate surface area is 164 Å². The van der Waals surface area contributed by atoms with Crippen LogP contribution in [0.2, 0.25) is 0 Å². The molecule has 2 rings (SSSR count). The fraction of sp³-hybridized carbons (Fsp3) is 0.273. The second kappa shape index (κ2) is 10.2. The van der Waals surface area contributed by atoms with E-state index in [-0.39, 0.29) is 5.78 Å². The Balaban J connectivity index is 2.02. The first-order valence-corrected chi connectivity index (χ1v) is 8.86. The second-order valence-electron chi connectivity index (χ2n) is 5.84. The molecule has 0 saturated heterocycles. The van der Waals surface area contributed by atoms with Crippen molar-refractivity contribution in [2.45, 2.75) is 20.0 Å². The predicted octanol–water partition coefficient (Wildman–Crippen LogP) is 3.93. The Hall–Kier alpha value is -3.28. The fourth-order valence-electron chi connectivity index (χ4n) is 2.51. The van der Waals surface area contributed by atoms with Gasteiger partial charge in [0, 0.05) is 17.2 Å². The zero-order valence-corrected chi connectivity index (χ0v) is 16.4. The van der Waals surface area contributed by atoms with Crippen molar-refractivity contribution in [1.82, 2.24) is 0 Å². The number of ether oxygens (including phenoxy) is 4. The molecule has 0 saturated carbocycles. The van der Waals surface area contributed by atoms with E-state index in [1.807, 2.05) is 6.92 Å². The fourth-order valence-corrected chi connectivity index (χ4v) is 2.51. The van der Waals surface area contributed by atoms with E-state index < -0.39 is 12.1 Å². The molecule has 0 amide bonds. The standard InChI is InChI=1S/C22H24O6/c1-5-27-18-9-6-16(7-10-18)22(24)15(2)28-21(23)13-8-17-14-19(25-3)11-12-20(17)26-4/h6-15H,5H2,1-4H3/b13-8+/t15-/m1/s1. The minimum Gasteiger partial charge on any atom is -0.497 e. The molecule has 28 heavy (non-hydrogen) atoms. The van der Waals surface area contributed by atoms with Crippen LogP contribution in [0, 0.1) is 0 Å². The molecule has 0 N–H and O–H groups in total. The van der Waals surface area contributed by atoms with E-state index in [0.717, 1.165) is 0 Å². The molecule has 0 bridgehead atoms. The summed E-state index contributed by atoms with van der Waals surface area (Å²) in [7, 11) is 3.09. The van der Waals surface area contributed by atoms with E-state index in [4.69, 9.17) is 18.9 Å². The van der Waals surface area contributed by atoms with Crippen molar-refractivity contribution in [2.75, 3.05) is 20.8 Å². The Kier molecular flexibility index (Phi) is 7.63. The van der Waals surface area contributed by atoms with E-state index in [1.54, 1.807) is 55.7 Å². The van der Waals surface area contributed by atoms with Gasteiger partial charge in [-0.1, -0.05) is 0 Å². The Morgan fingerprint density at radius 2 is 1.68 bits per heavy atom. The maximum Gasteiger partial charge on any atom is 0.331 e. The van der Waals surface area contributed by atoms with Crippen LogP contribution in [0.25, 0.3) is 6.08 Å². The van der Waals surface area contributed by atoms with E-state index in [0.29, 0.717) is 35.0 Å². The zero-order valence-electron chi connectivity index (χ0n) is 16.4. The van der Waals surface area contributed by atoms with Crippen LogP contribution in [-0.2, 0) is 9.53 Å². The molecule has 0 radical (unpaired) electrons. The summed E-state index contributed by atoms with van der Waals surface area (Å²) in [4.78, 5) is 24.5. The molecule has 0 aromatic heterocycles. The third-order valence-corrected chi connectivity index (χ3v) is 3.95. The molecule has 0 aliphatic rings. The van der Waals surface area contributed by atoms with Crippen LogP contribution < -0.4 is 14.2 Å². The summed E-state index contributed by atoms with van der Waals surface area (Å²) in [6, 6.07) is 11.9. The van der Waals surface area contributed by atoms with Crippen molar-refractivity contribution in [3.05, 3.63) is 59.7 Å². The van der Waals surface area contributed by atoms with Crippen LogP contribution in [0.4, 0.5) is 0 Å². The van der Waals surface area contributed by atoms with E-state index in [1.165, 1.54) is 20.1 Å². The highest BCUT2D eigenvalue weighted by atomic mass is 16.5. The molecule has 0 aliphatic heterocycles. The van der Waals surface area contributed by atoms with E-state index >= 15 is 0 Å². The summed E-state index contributed by atoms with van der Waals surface area (Å²) in [5, 5.41) is 0. The first-order chi connectivity index (χ1) is 13.5. The summed E-state index contributed by atoms with van der Waals surface area (Å²) in [6.45, 7) is 3.97. The van der Waals surface area contributed by atoms with Crippen LogP contribution in [0.15, 0.2) is 48.5 Å². The van der Waals surface area contributed by atoms with Gasteiger partial charge in [0.2, 0.25) is 5.78 Å². The molecule has 6 nitrogen and oxygen atoms in total. The van der Waals surface area contributed by atoms with Gasteiger partial charge in [0.25, 0.3) is 0 Å². The quantitative estimate of drug-likeness (QED) is 0.371. The Bertz CT molecular complexity index is 839. The monoisotopic (exact) mass is 384 g/mol. The van der Waals surface area contributed by atoms with Gasteiger partial charge in [-0.2, -0.15) is 0 Å². The van der Waals surface area contributed by atoms with Crippen LogP contribution >= 0.6 is 0 Å². The Morgan fingerprint density at radius 3 is 2.29 bits per heavy atom. The normalized spacial score (nSPS) is 11.7. The lowest BCUT2D eigenvalue weighted by Crippen LogP contribution is -2.23. The lowest BCUT2D eigenvalue weighted by atomic mass is 10.1. The number of benzene rings is 2. The van der Waals surface area contributed by atoms with Gasteiger partial charge < -0.3 is 18.9 Å². The lowest BCUT2D eigenvalue weighted by molar-refractivity contribution is -0.140. The number of methoxy groups -OCH3 is 2. The number of hydrogen-bond donors (Lipinski definition) is 0. The molecule has 0 unspecified atom stereocenters. The summed E-state index contributed by atoms with van der Waals surface area (Å²) >= 11 is 0. The minimum absolute atomic E-state index is 0.288. The third kappa shape index (κ3) is 5.61. The molecule has 2 aromatic carbocycles. The minimum atomic E-state index is -0.915. The van der Waals surface area contributed by atoms with Gasteiger partial charge in [-0.05, 0) is 62.4 Å². The van der Waals surface area contributed by atoms with E-state index in [2.05, 4.69) is 0 Å². The maximum atomic E-state index is 12.4. The number of carbonyl (C=O) groups is 2. The first-order valence-electron chi connectivity index (χ1n) is 8.86. The van der Waals surface area contributed by atoms with Gasteiger partial charge in [0.05, 0.1) is 20.8 Å². The highest BCUT2D eigenvalue weighted by Crippen LogP contribution is 2.25. The van der Waals surface area contributed by atoms with E-state index in [9.17, 15) is 9.59 Å². The zero-order chi connectivity index (χ0) is 20.5. The molecular weight excluding hydrogens is 360 g/mol. The number of rotatable bonds is 9. The molecule has 0 heterocycles. The molecular formula is C22H24O6. The maximum absolute atomic E-state index is 12.4. The molecule has 2 aromatic rings.